The number of nitrogens with two attached hydrogens (primary N) is 1. The zero-order chi connectivity index (χ0) is 10.8. The zero-order valence-electron chi connectivity index (χ0n) is 7.87. The van der Waals surface area contributed by atoms with Crippen molar-refractivity contribution in [3.63, 3.8) is 0 Å². The predicted molar refractivity (Wildman–Crippen MR) is 56.2 cm³/mol. The summed E-state index contributed by atoms with van der Waals surface area (Å²) < 4.78 is 26.3. The van der Waals surface area contributed by atoms with Crippen molar-refractivity contribution in [2.45, 2.75) is 0 Å². The number of hydrogen-bond acceptors (Lipinski definition) is 1. The van der Waals surface area contributed by atoms with E-state index in [-0.39, 0.29) is 11.5 Å². The average molecular weight is 205 g/mol. The van der Waals surface area contributed by atoms with Crippen molar-refractivity contribution in [2.75, 3.05) is 5.73 Å². The third-order valence-corrected chi connectivity index (χ3v) is 2.18. The average Bonchev–Trinajstić information content (AvgIpc) is 2.23. The molecule has 2 N–H and O–H groups in total. The molecule has 0 saturated carbocycles. The minimum Gasteiger partial charge on any atom is -0.396 e. The molecule has 76 valence electrons. The standard InChI is InChI=1S/C12H9F2N/c13-10-4-2-1-3-9(10)8-5-6-11(14)12(15)7-8/h1-7H,15H2. The van der Waals surface area contributed by atoms with Gasteiger partial charge in [0.05, 0.1) is 5.69 Å². The maximum Gasteiger partial charge on any atom is 0.146 e. The Balaban J connectivity index is 2.55. The lowest BCUT2D eigenvalue weighted by Crippen LogP contribution is -1.91. The maximum atomic E-state index is 13.4. The second-order valence-electron chi connectivity index (χ2n) is 3.22. The van der Waals surface area contributed by atoms with Gasteiger partial charge < -0.3 is 5.73 Å². The first-order chi connectivity index (χ1) is 7.18. The van der Waals surface area contributed by atoms with Crippen LogP contribution >= 0.6 is 0 Å². The van der Waals surface area contributed by atoms with Gasteiger partial charge in [0.15, 0.2) is 0 Å². The Morgan fingerprint density at radius 3 is 2.27 bits per heavy atom. The summed E-state index contributed by atoms with van der Waals surface area (Å²) in [6.45, 7) is 0. The van der Waals surface area contributed by atoms with Gasteiger partial charge in [0.1, 0.15) is 11.6 Å². The van der Waals surface area contributed by atoms with Gasteiger partial charge in [0, 0.05) is 5.56 Å². The molecule has 2 aromatic rings. The van der Waals surface area contributed by atoms with E-state index in [0.29, 0.717) is 11.1 Å². The van der Waals surface area contributed by atoms with Crippen molar-refractivity contribution in [1.29, 1.82) is 0 Å². The van der Waals surface area contributed by atoms with Crippen LogP contribution in [-0.4, -0.2) is 0 Å². The number of nitrogen functional groups attached to an aromatic ring is 1. The molecule has 0 aromatic heterocycles. The fourth-order valence-corrected chi connectivity index (χ4v) is 1.41. The van der Waals surface area contributed by atoms with E-state index in [1.54, 1.807) is 18.2 Å². The monoisotopic (exact) mass is 205 g/mol. The summed E-state index contributed by atoms with van der Waals surface area (Å²) in [7, 11) is 0. The zero-order valence-corrected chi connectivity index (χ0v) is 7.87. The van der Waals surface area contributed by atoms with Gasteiger partial charge in [-0.1, -0.05) is 24.3 Å². The molecule has 2 aromatic carbocycles. The first-order valence-corrected chi connectivity index (χ1v) is 4.48. The molecule has 0 aliphatic heterocycles. The molecule has 0 amide bonds. The predicted octanol–water partition coefficient (Wildman–Crippen LogP) is 3.21. The van der Waals surface area contributed by atoms with E-state index in [1.165, 1.54) is 24.3 Å². The minimum absolute atomic E-state index is 0.0238. The Hall–Kier alpha value is -1.90. The SMILES string of the molecule is Nc1cc(-c2ccccc2F)ccc1F. The van der Waals surface area contributed by atoms with Gasteiger partial charge in [0.25, 0.3) is 0 Å². The van der Waals surface area contributed by atoms with Crippen molar-refractivity contribution >= 4 is 5.69 Å². The number of rotatable bonds is 1. The first-order valence-electron chi connectivity index (χ1n) is 4.48. The van der Waals surface area contributed by atoms with Crippen LogP contribution in [0.15, 0.2) is 42.5 Å². The first kappa shape index (κ1) is 9.65. The van der Waals surface area contributed by atoms with Gasteiger partial charge in [-0.3, -0.25) is 0 Å². The Morgan fingerprint density at radius 1 is 0.867 bits per heavy atom. The van der Waals surface area contributed by atoms with E-state index in [1.807, 2.05) is 0 Å². The second kappa shape index (κ2) is 3.69. The maximum absolute atomic E-state index is 13.4. The van der Waals surface area contributed by atoms with Crippen LogP contribution in [0.3, 0.4) is 0 Å². The van der Waals surface area contributed by atoms with Gasteiger partial charge in [-0.2, -0.15) is 0 Å². The van der Waals surface area contributed by atoms with Crippen LogP contribution in [0.4, 0.5) is 14.5 Å². The molecule has 0 radical (unpaired) electrons. The fourth-order valence-electron chi connectivity index (χ4n) is 1.41. The highest BCUT2D eigenvalue weighted by Crippen LogP contribution is 2.25. The smallest absolute Gasteiger partial charge is 0.146 e. The molecule has 0 saturated heterocycles. The molecule has 0 heterocycles. The van der Waals surface area contributed by atoms with E-state index in [2.05, 4.69) is 0 Å². The molecular formula is C12H9F2N. The summed E-state index contributed by atoms with van der Waals surface area (Å²) in [5.41, 5.74) is 6.43. The number of anilines is 1. The van der Waals surface area contributed by atoms with Gasteiger partial charge in [-0.05, 0) is 23.8 Å². The quantitative estimate of drug-likeness (QED) is 0.711. The summed E-state index contributed by atoms with van der Waals surface area (Å²) in [6, 6.07) is 10.5. The fraction of sp³-hybridized carbons (Fsp3) is 0. The lowest BCUT2D eigenvalue weighted by atomic mass is 10.0. The molecule has 1 nitrogen and oxygen atoms in total. The molecule has 0 unspecified atom stereocenters. The summed E-state index contributed by atoms with van der Waals surface area (Å²) in [6.07, 6.45) is 0. The largest absolute Gasteiger partial charge is 0.396 e. The Morgan fingerprint density at radius 2 is 1.60 bits per heavy atom. The Labute approximate surface area is 86.2 Å². The third kappa shape index (κ3) is 1.81. The Bertz CT molecular complexity index is 495. The van der Waals surface area contributed by atoms with E-state index < -0.39 is 5.82 Å². The van der Waals surface area contributed by atoms with Gasteiger partial charge in [-0.25, -0.2) is 8.78 Å². The topological polar surface area (TPSA) is 26.0 Å². The van der Waals surface area contributed by atoms with E-state index >= 15 is 0 Å². The second-order valence-corrected chi connectivity index (χ2v) is 3.22. The number of hydrogen-bond donors (Lipinski definition) is 1. The molecule has 0 aliphatic carbocycles. The number of benzene rings is 2. The minimum atomic E-state index is -0.491. The summed E-state index contributed by atoms with van der Waals surface area (Å²) >= 11 is 0. The molecule has 0 aliphatic rings. The van der Waals surface area contributed by atoms with Crippen LogP contribution in [-0.2, 0) is 0 Å². The molecule has 0 atom stereocenters. The van der Waals surface area contributed by atoms with Gasteiger partial charge in [-0.15, -0.1) is 0 Å². The lowest BCUT2D eigenvalue weighted by Gasteiger charge is -2.04. The van der Waals surface area contributed by atoms with Crippen molar-refractivity contribution in [3.8, 4) is 11.1 Å². The van der Waals surface area contributed by atoms with E-state index in [9.17, 15) is 8.78 Å². The summed E-state index contributed by atoms with van der Waals surface area (Å²) in [4.78, 5) is 0. The molecule has 0 bridgehead atoms. The normalized spacial score (nSPS) is 10.3. The molecule has 15 heavy (non-hydrogen) atoms. The van der Waals surface area contributed by atoms with Crippen molar-refractivity contribution < 1.29 is 8.78 Å². The number of halogens is 2. The van der Waals surface area contributed by atoms with Crippen LogP contribution < -0.4 is 5.73 Å². The van der Waals surface area contributed by atoms with Gasteiger partial charge in [0.2, 0.25) is 0 Å². The highest BCUT2D eigenvalue weighted by molar-refractivity contribution is 5.67. The van der Waals surface area contributed by atoms with E-state index in [4.69, 9.17) is 5.73 Å². The van der Waals surface area contributed by atoms with Crippen LogP contribution in [0.2, 0.25) is 0 Å². The van der Waals surface area contributed by atoms with E-state index in [0.717, 1.165) is 0 Å². The van der Waals surface area contributed by atoms with Crippen LogP contribution in [0.25, 0.3) is 11.1 Å². The van der Waals surface area contributed by atoms with Crippen LogP contribution in [0.5, 0.6) is 0 Å². The summed E-state index contributed by atoms with van der Waals surface area (Å²) in [5.74, 6) is -0.835. The molecule has 0 spiro atoms. The summed E-state index contributed by atoms with van der Waals surface area (Å²) in [5, 5.41) is 0. The third-order valence-electron chi connectivity index (χ3n) is 2.18. The molecule has 2 rings (SSSR count). The van der Waals surface area contributed by atoms with Crippen LogP contribution in [0.1, 0.15) is 0 Å². The van der Waals surface area contributed by atoms with Crippen molar-refractivity contribution in [2.24, 2.45) is 0 Å². The molecule has 3 heteroatoms. The molecular weight excluding hydrogens is 196 g/mol. The van der Waals surface area contributed by atoms with Gasteiger partial charge >= 0.3 is 0 Å². The van der Waals surface area contributed by atoms with Crippen molar-refractivity contribution in [1.82, 2.24) is 0 Å². The Kier molecular flexibility index (Phi) is 2.37. The highest BCUT2D eigenvalue weighted by Gasteiger charge is 2.05. The molecule has 0 fully saturated rings. The highest BCUT2D eigenvalue weighted by atomic mass is 19.1. The lowest BCUT2D eigenvalue weighted by molar-refractivity contribution is 0.628. The van der Waals surface area contributed by atoms with Crippen LogP contribution in [0, 0.1) is 11.6 Å². The van der Waals surface area contributed by atoms with Crippen molar-refractivity contribution in [3.05, 3.63) is 54.1 Å².